The Labute approximate surface area is 118 Å². The van der Waals surface area contributed by atoms with Crippen molar-refractivity contribution in [2.45, 2.75) is 10.8 Å². The predicted molar refractivity (Wildman–Crippen MR) is 76.8 cm³/mol. The number of hydrogen-bond donors (Lipinski definition) is 2. The number of likely N-dealkylation sites (N-methyl/N-ethyl adjacent to an activating group) is 1. The van der Waals surface area contributed by atoms with Crippen molar-refractivity contribution in [2.75, 3.05) is 40.4 Å². The molecule has 0 aliphatic carbocycles. The Balaban J connectivity index is 2.43. The van der Waals surface area contributed by atoms with Gasteiger partial charge in [-0.3, -0.25) is 0 Å². The van der Waals surface area contributed by atoms with Gasteiger partial charge in [0.1, 0.15) is 4.21 Å². The highest BCUT2D eigenvalue weighted by atomic mass is 32.2. The molecule has 19 heavy (non-hydrogen) atoms. The van der Waals surface area contributed by atoms with Crippen molar-refractivity contribution in [3.05, 3.63) is 17.0 Å². The molecule has 0 bridgehead atoms. The summed E-state index contributed by atoms with van der Waals surface area (Å²) in [6.07, 6.45) is 0. The Kier molecular flexibility index (Phi) is 6.90. The highest BCUT2D eigenvalue weighted by Crippen LogP contribution is 2.20. The van der Waals surface area contributed by atoms with Crippen LogP contribution in [0.2, 0.25) is 0 Å². The Bertz CT molecular complexity index is 473. The smallest absolute Gasteiger partial charge is 0.250 e. The van der Waals surface area contributed by atoms with Gasteiger partial charge in [-0.1, -0.05) is 0 Å². The van der Waals surface area contributed by atoms with Crippen molar-refractivity contribution < 1.29 is 13.2 Å². The van der Waals surface area contributed by atoms with E-state index < -0.39 is 10.0 Å². The molecule has 0 amide bonds. The van der Waals surface area contributed by atoms with Crippen LogP contribution in [-0.4, -0.2) is 53.7 Å². The lowest BCUT2D eigenvalue weighted by atomic mass is 10.5. The first-order valence-corrected chi connectivity index (χ1v) is 8.25. The van der Waals surface area contributed by atoms with Gasteiger partial charge in [0, 0.05) is 38.2 Å². The fraction of sp³-hybridized carbons (Fsp3) is 0.636. The van der Waals surface area contributed by atoms with E-state index in [1.165, 1.54) is 11.3 Å². The summed E-state index contributed by atoms with van der Waals surface area (Å²) >= 11 is 1.20. The number of rotatable bonds is 9. The first-order chi connectivity index (χ1) is 8.99. The molecular weight excluding hydrogens is 286 g/mol. The Hall–Kier alpha value is -0.510. The monoisotopic (exact) mass is 307 g/mol. The van der Waals surface area contributed by atoms with Crippen LogP contribution in [0.15, 0.2) is 16.3 Å². The van der Waals surface area contributed by atoms with Gasteiger partial charge in [-0.2, -0.15) is 0 Å². The summed E-state index contributed by atoms with van der Waals surface area (Å²) in [5, 5.41) is 0. The second-order valence-electron chi connectivity index (χ2n) is 4.12. The van der Waals surface area contributed by atoms with Crippen LogP contribution >= 0.6 is 11.3 Å². The Morgan fingerprint density at radius 3 is 2.74 bits per heavy atom. The van der Waals surface area contributed by atoms with Gasteiger partial charge in [0.15, 0.2) is 0 Å². The van der Waals surface area contributed by atoms with E-state index in [1.807, 2.05) is 11.9 Å². The molecule has 6 nitrogen and oxygen atoms in total. The molecule has 0 unspecified atom stereocenters. The molecule has 1 heterocycles. The molecule has 0 atom stereocenters. The van der Waals surface area contributed by atoms with E-state index in [0.29, 0.717) is 30.5 Å². The summed E-state index contributed by atoms with van der Waals surface area (Å²) in [4.78, 5) is 2.86. The maximum Gasteiger partial charge on any atom is 0.250 e. The van der Waals surface area contributed by atoms with Gasteiger partial charge in [0.2, 0.25) is 10.0 Å². The van der Waals surface area contributed by atoms with E-state index in [2.05, 4.69) is 4.72 Å². The number of methoxy groups -OCH3 is 1. The van der Waals surface area contributed by atoms with E-state index in [-0.39, 0.29) is 0 Å². The summed E-state index contributed by atoms with van der Waals surface area (Å²) in [5.74, 6) is 0. The number of sulfonamides is 1. The van der Waals surface area contributed by atoms with E-state index in [9.17, 15) is 8.42 Å². The summed E-state index contributed by atoms with van der Waals surface area (Å²) in [6, 6.07) is 3.33. The lowest BCUT2D eigenvalue weighted by molar-refractivity contribution is 0.162. The van der Waals surface area contributed by atoms with Crippen LogP contribution in [0.25, 0.3) is 0 Å². The van der Waals surface area contributed by atoms with Gasteiger partial charge >= 0.3 is 0 Å². The van der Waals surface area contributed by atoms with Crippen molar-refractivity contribution in [3.63, 3.8) is 0 Å². The van der Waals surface area contributed by atoms with Crippen LogP contribution < -0.4 is 10.5 Å². The third-order valence-corrected chi connectivity index (χ3v) is 5.63. The van der Waals surface area contributed by atoms with E-state index in [0.717, 1.165) is 11.4 Å². The molecule has 8 heteroatoms. The number of nitrogens with two attached hydrogens (primary N) is 1. The highest BCUT2D eigenvalue weighted by molar-refractivity contribution is 7.91. The minimum atomic E-state index is -3.41. The second kappa shape index (κ2) is 7.93. The molecule has 0 aromatic carbocycles. The maximum atomic E-state index is 12.0. The average Bonchev–Trinajstić information content (AvgIpc) is 2.85. The molecule has 1 rings (SSSR count). The molecule has 0 spiro atoms. The number of nitrogens with zero attached hydrogens (tertiary/aromatic N) is 1. The third-order valence-electron chi connectivity index (χ3n) is 2.57. The first kappa shape index (κ1) is 16.5. The van der Waals surface area contributed by atoms with Crippen LogP contribution in [0, 0.1) is 0 Å². The van der Waals surface area contributed by atoms with Crippen molar-refractivity contribution in [1.29, 1.82) is 0 Å². The van der Waals surface area contributed by atoms with E-state index in [1.54, 1.807) is 19.2 Å². The molecule has 0 radical (unpaired) electrons. The number of thiophene rings is 1. The van der Waals surface area contributed by atoms with Gasteiger partial charge in [-0.25, -0.2) is 13.1 Å². The van der Waals surface area contributed by atoms with Gasteiger partial charge in [0.25, 0.3) is 0 Å². The molecule has 0 aliphatic rings. The van der Waals surface area contributed by atoms with Crippen LogP contribution in [0.4, 0.5) is 0 Å². The minimum Gasteiger partial charge on any atom is -0.383 e. The van der Waals surface area contributed by atoms with Crippen molar-refractivity contribution in [1.82, 2.24) is 9.62 Å². The zero-order chi connectivity index (χ0) is 14.3. The maximum absolute atomic E-state index is 12.0. The van der Waals surface area contributed by atoms with E-state index >= 15 is 0 Å². The predicted octanol–water partition coefficient (Wildman–Crippen LogP) is 0.0633. The Morgan fingerprint density at radius 2 is 2.16 bits per heavy atom. The van der Waals surface area contributed by atoms with Crippen LogP contribution in [0.5, 0.6) is 0 Å². The third kappa shape index (κ3) is 5.55. The molecule has 0 fully saturated rings. The largest absolute Gasteiger partial charge is 0.383 e. The normalized spacial score (nSPS) is 12.2. The second-order valence-corrected chi connectivity index (χ2v) is 7.28. The molecule has 110 valence electrons. The molecule has 0 saturated heterocycles. The fourth-order valence-electron chi connectivity index (χ4n) is 1.41. The zero-order valence-corrected chi connectivity index (χ0v) is 12.9. The zero-order valence-electron chi connectivity index (χ0n) is 11.3. The fourth-order valence-corrected chi connectivity index (χ4v) is 3.71. The van der Waals surface area contributed by atoms with Gasteiger partial charge in [0.05, 0.1) is 6.61 Å². The van der Waals surface area contributed by atoms with Crippen LogP contribution in [0.3, 0.4) is 0 Å². The first-order valence-electron chi connectivity index (χ1n) is 5.95. The van der Waals surface area contributed by atoms with Crippen LogP contribution in [0.1, 0.15) is 4.88 Å². The van der Waals surface area contributed by atoms with Crippen molar-refractivity contribution in [3.8, 4) is 0 Å². The highest BCUT2D eigenvalue weighted by Gasteiger charge is 2.16. The van der Waals surface area contributed by atoms with Gasteiger partial charge in [-0.15, -0.1) is 11.3 Å². The molecule has 1 aromatic rings. The molecule has 3 N–H and O–H groups in total. The lowest BCUT2D eigenvalue weighted by Crippen LogP contribution is -2.34. The van der Waals surface area contributed by atoms with E-state index in [4.69, 9.17) is 10.5 Å². The molecular formula is C11H21N3O3S2. The Morgan fingerprint density at radius 1 is 1.42 bits per heavy atom. The summed E-state index contributed by atoms with van der Waals surface area (Å²) in [5.41, 5.74) is 5.47. The quantitative estimate of drug-likeness (QED) is 0.674. The number of nitrogens with one attached hydrogen (secondary N) is 1. The molecule has 1 aromatic heterocycles. The topological polar surface area (TPSA) is 84.7 Å². The molecule has 0 saturated carbocycles. The summed E-state index contributed by atoms with van der Waals surface area (Å²) in [7, 11) is 0.152. The molecule has 0 aliphatic heterocycles. The van der Waals surface area contributed by atoms with Gasteiger partial charge < -0.3 is 15.4 Å². The van der Waals surface area contributed by atoms with Crippen molar-refractivity contribution >= 4 is 21.4 Å². The van der Waals surface area contributed by atoms with Gasteiger partial charge in [-0.05, 0) is 19.2 Å². The average molecular weight is 307 g/mol. The SMILES string of the molecule is COCCN(C)CCNS(=O)(=O)c1ccc(CN)s1. The van der Waals surface area contributed by atoms with Crippen molar-refractivity contribution in [2.24, 2.45) is 5.73 Å². The standard InChI is InChI=1S/C11H21N3O3S2/c1-14(7-8-17-2)6-5-13-19(15,16)11-4-3-10(9-12)18-11/h3-4,13H,5-9,12H2,1-2H3. The van der Waals surface area contributed by atoms with Crippen LogP contribution in [-0.2, 0) is 21.3 Å². The number of hydrogen-bond acceptors (Lipinski definition) is 6. The number of ether oxygens (including phenoxy) is 1. The minimum absolute atomic E-state index is 0.312. The summed E-state index contributed by atoms with van der Waals surface area (Å²) in [6.45, 7) is 2.78. The summed E-state index contributed by atoms with van der Waals surface area (Å²) < 4.78 is 31.8. The lowest BCUT2D eigenvalue weighted by Gasteiger charge is -2.15.